The van der Waals surface area contributed by atoms with Gasteiger partial charge in [-0.1, -0.05) is 18.2 Å². The van der Waals surface area contributed by atoms with Crippen molar-refractivity contribution < 1.29 is 41.4 Å². The summed E-state index contributed by atoms with van der Waals surface area (Å²) in [6.07, 6.45) is -4.10. The third-order valence-corrected chi connectivity index (χ3v) is 5.46. The number of carbonyl (C=O) groups is 2. The van der Waals surface area contributed by atoms with Crippen molar-refractivity contribution in [2.75, 3.05) is 13.1 Å². The lowest BCUT2D eigenvalue weighted by Gasteiger charge is -2.37. The molecule has 0 unspecified atom stereocenters. The number of para-hydroxylation sites is 1. The van der Waals surface area contributed by atoms with Gasteiger partial charge >= 0.3 is 12.1 Å². The molecule has 1 aliphatic rings. The Morgan fingerprint density at radius 2 is 1.84 bits per heavy atom. The average molecular weight is 523 g/mol. The van der Waals surface area contributed by atoms with Crippen LogP contribution in [0, 0.1) is 0 Å². The summed E-state index contributed by atoms with van der Waals surface area (Å²) >= 11 is 0. The molecular formula is C23H18F5N5O4. The number of ether oxygens (including phenoxy) is 1. The minimum atomic E-state index is -5.08. The second-order valence-corrected chi connectivity index (χ2v) is 8.00. The number of aromatic nitrogens is 4. The van der Waals surface area contributed by atoms with E-state index in [-0.39, 0.29) is 24.7 Å². The highest BCUT2D eigenvalue weighted by molar-refractivity contribution is 5.95. The third-order valence-electron chi connectivity index (χ3n) is 5.46. The molecule has 5 rings (SSSR count). The Hall–Kier alpha value is -4.36. The maximum absolute atomic E-state index is 14.6. The van der Waals surface area contributed by atoms with E-state index < -0.39 is 36.5 Å². The Balaban J connectivity index is 0.000000405. The molecule has 37 heavy (non-hydrogen) atoms. The van der Waals surface area contributed by atoms with Crippen LogP contribution in [0.3, 0.4) is 0 Å². The number of amides is 1. The normalized spacial score (nSPS) is 17.2. The first kappa shape index (κ1) is 25.7. The molecule has 1 amide bonds. The molecule has 1 saturated heterocycles. The van der Waals surface area contributed by atoms with Gasteiger partial charge in [0.05, 0.1) is 30.1 Å². The van der Waals surface area contributed by atoms with Gasteiger partial charge in [-0.15, -0.1) is 0 Å². The summed E-state index contributed by atoms with van der Waals surface area (Å²) in [6, 6.07) is 12.3. The molecule has 194 valence electrons. The maximum Gasteiger partial charge on any atom is 0.490 e. The van der Waals surface area contributed by atoms with Crippen LogP contribution in [0.25, 0.3) is 21.9 Å². The van der Waals surface area contributed by atoms with Crippen LogP contribution in [-0.2, 0) is 4.79 Å². The molecule has 3 aromatic heterocycles. The number of piperidine rings is 1. The molecule has 4 heterocycles. The molecule has 0 spiro atoms. The largest absolute Gasteiger partial charge is 0.490 e. The number of carboxylic acids is 1. The van der Waals surface area contributed by atoms with Crippen molar-refractivity contribution in [3.63, 3.8) is 0 Å². The van der Waals surface area contributed by atoms with Crippen molar-refractivity contribution in [3.8, 4) is 5.88 Å². The molecule has 14 heteroatoms. The first-order valence-corrected chi connectivity index (χ1v) is 10.7. The predicted octanol–water partition coefficient (Wildman–Crippen LogP) is 4.07. The first-order valence-electron chi connectivity index (χ1n) is 10.7. The van der Waals surface area contributed by atoms with Crippen LogP contribution in [0.4, 0.5) is 22.0 Å². The van der Waals surface area contributed by atoms with Crippen LogP contribution in [0.2, 0.25) is 0 Å². The summed E-state index contributed by atoms with van der Waals surface area (Å²) in [7, 11) is 0. The molecule has 0 bridgehead atoms. The molecule has 1 aromatic carbocycles. The highest BCUT2D eigenvalue weighted by atomic mass is 19.4. The molecule has 1 fully saturated rings. The van der Waals surface area contributed by atoms with Gasteiger partial charge in [0.25, 0.3) is 11.8 Å². The van der Waals surface area contributed by atoms with Crippen LogP contribution in [0.1, 0.15) is 16.9 Å². The summed E-state index contributed by atoms with van der Waals surface area (Å²) in [5, 5.41) is 8.01. The summed E-state index contributed by atoms with van der Waals surface area (Å²) in [6.45, 7) is -0.345. The number of halogens is 5. The number of aromatic amines is 1. The zero-order valence-electron chi connectivity index (χ0n) is 18.7. The first-order chi connectivity index (χ1) is 17.4. The Morgan fingerprint density at radius 1 is 1.11 bits per heavy atom. The lowest BCUT2D eigenvalue weighted by molar-refractivity contribution is -0.192. The van der Waals surface area contributed by atoms with Gasteiger partial charge in [0.15, 0.2) is 6.10 Å². The fourth-order valence-corrected chi connectivity index (χ4v) is 3.55. The molecule has 1 aliphatic heterocycles. The van der Waals surface area contributed by atoms with E-state index in [0.29, 0.717) is 16.6 Å². The monoisotopic (exact) mass is 523 g/mol. The number of pyridine rings is 2. The fraction of sp³-hybridized carbons (Fsp3) is 0.261. The second-order valence-electron chi connectivity index (χ2n) is 8.00. The van der Waals surface area contributed by atoms with E-state index in [0.717, 1.165) is 5.39 Å². The lowest BCUT2D eigenvalue weighted by Crippen LogP contribution is -2.55. The Kier molecular flexibility index (Phi) is 6.92. The number of alkyl halides is 5. The number of carbonyl (C=O) groups excluding carboxylic acids is 1. The summed E-state index contributed by atoms with van der Waals surface area (Å²) in [4.78, 5) is 38.5. The van der Waals surface area contributed by atoms with Gasteiger partial charge in [0.2, 0.25) is 5.88 Å². The number of imidazole rings is 1. The fourth-order valence-electron chi connectivity index (χ4n) is 3.55. The lowest BCUT2D eigenvalue weighted by atomic mass is 10.0. The van der Waals surface area contributed by atoms with E-state index in [9.17, 15) is 26.7 Å². The SMILES string of the molecule is O=C(O)C(F)(F)F.O=C(c1cc2[nH]cnc2cn1)N1CCC(F)(F)[C@@H](Oc2ccc3ccccc3n2)C1. The van der Waals surface area contributed by atoms with Crippen molar-refractivity contribution in [1.82, 2.24) is 24.8 Å². The predicted molar refractivity (Wildman–Crippen MR) is 119 cm³/mol. The van der Waals surface area contributed by atoms with Gasteiger partial charge in [0, 0.05) is 24.4 Å². The van der Waals surface area contributed by atoms with Gasteiger partial charge < -0.3 is 19.7 Å². The van der Waals surface area contributed by atoms with Crippen molar-refractivity contribution in [2.24, 2.45) is 0 Å². The number of nitrogens with one attached hydrogen (secondary N) is 1. The highest BCUT2D eigenvalue weighted by Crippen LogP contribution is 2.32. The number of nitrogens with zero attached hydrogens (tertiary/aromatic N) is 4. The number of hydrogen-bond donors (Lipinski definition) is 2. The van der Waals surface area contributed by atoms with Crippen molar-refractivity contribution in [2.45, 2.75) is 24.6 Å². The second kappa shape index (κ2) is 9.95. The minimum Gasteiger partial charge on any atom is -0.475 e. The average Bonchev–Trinajstić information content (AvgIpc) is 3.32. The summed E-state index contributed by atoms with van der Waals surface area (Å²) < 4.78 is 66.4. The Bertz CT molecular complexity index is 1440. The number of benzene rings is 1. The van der Waals surface area contributed by atoms with E-state index in [1.165, 1.54) is 17.4 Å². The molecule has 0 radical (unpaired) electrons. The minimum absolute atomic E-state index is 0.0838. The molecule has 0 saturated carbocycles. The van der Waals surface area contributed by atoms with Gasteiger partial charge in [-0.2, -0.15) is 13.2 Å². The van der Waals surface area contributed by atoms with Crippen LogP contribution in [0.15, 0.2) is 55.0 Å². The Morgan fingerprint density at radius 3 is 2.57 bits per heavy atom. The molecule has 4 aromatic rings. The molecular weight excluding hydrogens is 505 g/mol. The quantitative estimate of drug-likeness (QED) is 0.389. The van der Waals surface area contributed by atoms with E-state index in [2.05, 4.69) is 19.9 Å². The van der Waals surface area contributed by atoms with Crippen molar-refractivity contribution >= 4 is 33.8 Å². The molecule has 9 nitrogen and oxygen atoms in total. The number of aliphatic carboxylic acids is 1. The highest BCUT2D eigenvalue weighted by Gasteiger charge is 2.47. The van der Waals surface area contributed by atoms with Gasteiger partial charge in [-0.3, -0.25) is 4.79 Å². The van der Waals surface area contributed by atoms with E-state index >= 15 is 0 Å². The Labute approximate surface area is 204 Å². The summed E-state index contributed by atoms with van der Waals surface area (Å²) in [5.74, 6) is -6.16. The molecule has 0 aliphatic carbocycles. The molecule has 2 N–H and O–H groups in total. The zero-order valence-corrected chi connectivity index (χ0v) is 18.7. The maximum atomic E-state index is 14.6. The topological polar surface area (TPSA) is 121 Å². The van der Waals surface area contributed by atoms with Crippen LogP contribution in [-0.4, -0.2) is 73.1 Å². The van der Waals surface area contributed by atoms with Gasteiger partial charge in [-0.05, 0) is 18.2 Å². The van der Waals surface area contributed by atoms with Crippen LogP contribution >= 0.6 is 0 Å². The van der Waals surface area contributed by atoms with Crippen LogP contribution in [0.5, 0.6) is 5.88 Å². The van der Waals surface area contributed by atoms with E-state index in [1.54, 1.807) is 24.3 Å². The van der Waals surface area contributed by atoms with Crippen molar-refractivity contribution in [1.29, 1.82) is 0 Å². The van der Waals surface area contributed by atoms with E-state index in [4.69, 9.17) is 14.6 Å². The number of rotatable bonds is 3. The van der Waals surface area contributed by atoms with Gasteiger partial charge in [0.1, 0.15) is 11.2 Å². The standard InChI is InChI=1S/C21H17F2N5O2.C2HF3O2/c22-21(23)7-8-28(20(29)16-9-15-17(10-24-16)26-12-25-15)11-18(21)30-19-6-5-13-3-1-2-4-14(13)27-19;3-2(4,5)1(6)7/h1-6,9-10,12,18H,7-8,11H2,(H,25,26);(H,6,7)/t18-;/m0./s1. The summed E-state index contributed by atoms with van der Waals surface area (Å²) in [5.41, 5.74) is 2.10. The van der Waals surface area contributed by atoms with Crippen LogP contribution < -0.4 is 4.74 Å². The number of hydrogen-bond acceptors (Lipinski definition) is 6. The molecule has 1 atom stereocenters. The number of likely N-dealkylation sites (tertiary alicyclic amines) is 1. The van der Waals surface area contributed by atoms with Crippen molar-refractivity contribution in [3.05, 3.63) is 60.7 Å². The van der Waals surface area contributed by atoms with E-state index in [1.807, 2.05) is 18.2 Å². The number of fused-ring (bicyclic) bond motifs is 2. The smallest absolute Gasteiger partial charge is 0.475 e. The number of carboxylic acid groups (broad SMARTS) is 1. The third kappa shape index (κ3) is 5.90. The number of H-pyrrole nitrogens is 1. The van der Waals surface area contributed by atoms with Gasteiger partial charge in [-0.25, -0.2) is 28.5 Å². The zero-order chi connectivity index (χ0) is 26.8.